The molecule has 0 saturated carbocycles. The standard InChI is InChI=1S/C26H27ClN8O3S/c1-3-12-35-24(16-28-21-8-6-20(27)7-9-21)31-33-26(35)39-17-25(36)32-29-15-19-5-10-22(37-2)23(14-19)38-18-34-13-4-11-30-34/h3-11,13-15,28H,1,12,16-18H2,2H3,(H,32,36)/b29-15+. The summed E-state index contributed by atoms with van der Waals surface area (Å²) < 4.78 is 14.7. The Kier molecular flexibility index (Phi) is 9.98. The molecule has 13 heteroatoms. The van der Waals surface area contributed by atoms with Gasteiger partial charge in [0, 0.05) is 29.6 Å². The summed E-state index contributed by atoms with van der Waals surface area (Å²) in [4.78, 5) is 12.4. The van der Waals surface area contributed by atoms with Crippen molar-refractivity contribution < 1.29 is 14.3 Å². The topological polar surface area (TPSA) is 120 Å². The number of hydrogen-bond donors (Lipinski definition) is 2. The maximum absolute atomic E-state index is 12.4. The summed E-state index contributed by atoms with van der Waals surface area (Å²) in [5, 5.41) is 21.2. The van der Waals surface area contributed by atoms with Crippen molar-refractivity contribution in [3.8, 4) is 11.5 Å². The largest absolute Gasteiger partial charge is 0.493 e. The van der Waals surface area contributed by atoms with Crippen molar-refractivity contribution in [1.82, 2.24) is 30.0 Å². The number of hydrazone groups is 1. The van der Waals surface area contributed by atoms with Crippen molar-refractivity contribution >= 4 is 41.2 Å². The number of amides is 1. The number of halogens is 1. The highest BCUT2D eigenvalue weighted by atomic mass is 35.5. The van der Waals surface area contributed by atoms with Crippen LogP contribution in [0.2, 0.25) is 5.02 Å². The van der Waals surface area contributed by atoms with Gasteiger partial charge in [-0.3, -0.25) is 4.79 Å². The number of carbonyl (C=O) groups is 1. The van der Waals surface area contributed by atoms with Crippen LogP contribution >= 0.6 is 23.4 Å². The minimum absolute atomic E-state index is 0.109. The van der Waals surface area contributed by atoms with Gasteiger partial charge in [0.1, 0.15) is 0 Å². The number of anilines is 1. The van der Waals surface area contributed by atoms with Gasteiger partial charge in [0.15, 0.2) is 29.2 Å². The van der Waals surface area contributed by atoms with Crippen LogP contribution in [0.1, 0.15) is 11.4 Å². The van der Waals surface area contributed by atoms with E-state index in [1.807, 2.05) is 34.9 Å². The lowest BCUT2D eigenvalue weighted by Gasteiger charge is -2.11. The zero-order valence-electron chi connectivity index (χ0n) is 21.2. The number of nitrogens with one attached hydrogen (secondary N) is 2. The molecule has 0 aliphatic rings. The Morgan fingerprint density at radius 3 is 2.79 bits per heavy atom. The number of aromatic nitrogens is 5. The van der Waals surface area contributed by atoms with E-state index in [0.29, 0.717) is 34.8 Å². The number of allylic oxidation sites excluding steroid dienone is 1. The lowest BCUT2D eigenvalue weighted by atomic mass is 10.2. The smallest absolute Gasteiger partial charge is 0.250 e. The minimum Gasteiger partial charge on any atom is -0.493 e. The molecule has 2 aromatic carbocycles. The Balaban J connectivity index is 1.30. The summed E-state index contributed by atoms with van der Waals surface area (Å²) in [5.41, 5.74) is 4.17. The molecule has 0 unspecified atom stereocenters. The summed E-state index contributed by atoms with van der Waals surface area (Å²) in [7, 11) is 1.57. The van der Waals surface area contributed by atoms with E-state index in [-0.39, 0.29) is 18.4 Å². The van der Waals surface area contributed by atoms with Crippen molar-refractivity contribution in [1.29, 1.82) is 0 Å². The van der Waals surface area contributed by atoms with Crippen molar-refractivity contribution in [2.45, 2.75) is 25.0 Å². The zero-order valence-corrected chi connectivity index (χ0v) is 22.7. The van der Waals surface area contributed by atoms with E-state index in [9.17, 15) is 4.79 Å². The Bertz CT molecular complexity index is 1410. The third-order valence-corrected chi connectivity index (χ3v) is 6.45. The first-order valence-corrected chi connectivity index (χ1v) is 13.2. The van der Waals surface area contributed by atoms with Crippen LogP contribution in [-0.4, -0.2) is 49.5 Å². The van der Waals surface area contributed by atoms with Crippen LogP contribution in [0.3, 0.4) is 0 Å². The Morgan fingerprint density at radius 1 is 1.21 bits per heavy atom. The summed E-state index contributed by atoms with van der Waals surface area (Å²) in [6.07, 6.45) is 6.76. The second kappa shape index (κ2) is 14.0. The first-order valence-electron chi connectivity index (χ1n) is 11.8. The van der Waals surface area contributed by atoms with Crippen molar-refractivity contribution in [2.75, 3.05) is 18.2 Å². The summed E-state index contributed by atoms with van der Waals surface area (Å²) in [6, 6.07) is 14.5. The van der Waals surface area contributed by atoms with Crippen LogP contribution in [0.15, 0.2) is 83.8 Å². The molecular formula is C26H27ClN8O3S. The van der Waals surface area contributed by atoms with Crippen molar-refractivity contribution in [3.63, 3.8) is 0 Å². The number of benzene rings is 2. The van der Waals surface area contributed by atoms with E-state index in [2.05, 4.69) is 37.7 Å². The van der Waals surface area contributed by atoms with Crippen LogP contribution in [0.5, 0.6) is 11.5 Å². The Labute approximate surface area is 234 Å². The number of methoxy groups -OCH3 is 1. The molecule has 11 nitrogen and oxygen atoms in total. The van der Waals surface area contributed by atoms with Gasteiger partial charge >= 0.3 is 0 Å². The molecule has 0 fully saturated rings. The van der Waals surface area contributed by atoms with Crippen LogP contribution in [0.25, 0.3) is 0 Å². The molecule has 4 aromatic rings. The molecule has 0 saturated heterocycles. The van der Waals surface area contributed by atoms with E-state index >= 15 is 0 Å². The molecule has 39 heavy (non-hydrogen) atoms. The predicted molar refractivity (Wildman–Crippen MR) is 151 cm³/mol. The van der Waals surface area contributed by atoms with Gasteiger partial charge < -0.3 is 19.4 Å². The molecular weight excluding hydrogens is 540 g/mol. The second-order valence-corrected chi connectivity index (χ2v) is 9.35. The Hall–Kier alpha value is -4.29. The van der Waals surface area contributed by atoms with Gasteiger partial charge in [-0.1, -0.05) is 29.4 Å². The molecule has 2 aromatic heterocycles. The van der Waals surface area contributed by atoms with E-state index in [4.69, 9.17) is 21.1 Å². The van der Waals surface area contributed by atoms with E-state index in [1.54, 1.807) is 48.5 Å². The maximum Gasteiger partial charge on any atom is 0.250 e. The molecule has 2 N–H and O–H groups in total. The molecule has 0 aliphatic heterocycles. The summed E-state index contributed by atoms with van der Waals surface area (Å²) in [5.74, 6) is 1.65. The highest BCUT2D eigenvalue weighted by Crippen LogP contribution is 2.28. The van der Waals surface area contributed by atoms with E-state index in [0.717, 1.165) is 17.1 Å². The van der Waals surface area contributed by atoms with Crippen LogP contribution in [-0.2, 0) is 24.6 Å². The molecule has 0 bridgehead atoms. The SMILES string of the molecule is C=CCn1c(CNc2ccc(Cl)cc2)nnc1SCC(=O)N/N=C/c1ccc(OC)c(OCn2cccn2)c1. The molecule has 0 atom stereocenters. The fraction of sp³-hybridized carbons (Fsp3) is 0.192. The van der Waals surface area contributed by atoms with Gasteiger partial charge in [-0.2, -0.15) is 10.2 Å². The number of thioether (sulfide) groups is 1. The van der Waals surface area contributed by atoms with Gasteiger partial charge in [0.2, 0.25) is 0 Å². The lowest BCUT2D eigenvalue weighted by Crippen LogP contribution is -2.20. The quantitative estimate of drug-likeness (QED) is 0.101. The number of ether oxygens (including phenoxy) is 2. The third kappa shape index (κ3) is 8.09. The van der Waals surface area contributed by atoms with E-state index in [1.165, 1.54) is 18.0 Å². The van der Waals surface area contributed by atoms with Gasteiger partial charge in [-0.05, 0) is 54.1 Å². The van der Waals surface area contributed by atoms with Crippen LogP contribution in [0, 0.1) is 0 Å². The van der Waals surface area contributed by atoms with Crippen molar-refractivity contribution in [3.05, 3.63) is 90.0 Å². The monoisotopic (exact) mass is 566 g/mol. The van der Waals surface area contributed by atoms with Gasteiger partial charge in [0.05, 0.1) is 25.6 Å². The number of nitrogens with zero attached hydrogens (tertiary/aromatic N) is 6. The van der Waals surface area contributed by atoms with Crippen LogP contribution < -0.4 is 20.2 Å². The minimum atomic E-state index is -0.283. The first kappa shape index (κ1) is 27.7. The van der Waals surface area contributed by atoms with Gasteiger partial charge in [0.25, 0.3) is 5.91 Å². The molecule has 0 radical (unpaired) electrons. The molecule has 1 amide bonds. The molecule has 0 spiro atoms. The molecule has 4 rings (SSSR count). The highest BCUT2D eigenvalue weighted by molar-refractivity contribution is 7.99. The Morgan fingerprint density at radius 2 is 2.05 bits per heavy atom. The van der Waals surface area contributed by atoms with Gasteiger partial charge in [-0.15, -0.1) is 16.8 Å². The fourth-order valence-electron chi connectivity index (χ4n) is 3.36. The van der Waals surface area contributed by atoms with Gasteiger partial charge in [-0.25, -0.2) is 10.1 Å². The maximum atomic E-state index is 12.4. The zero-order chi connectivity index (χ0) is 27.5. The summed E-state index contributed by atoms with van der Waals surface area (Å²) >= 11 is 7.21. The first-order chi connectivity index (χ1) is 19.1. The number of carbonyl (C=O) groups excluding carboxylic acids is 1. The number of hydrogen-bond acceptors (Lipinski definition) is 9. The third-order valence-electron chi connectivity index (χ3n) is 5.23. The second-order valence-electron chi connectivity index (χ2n) is 7.97. The van der Waals surface area contributed by atoms with Crippen molar-refractivity contribution in [2.24, 2.45) is 5.10 Å². The highest BCUT2D eigenvalue weighted by Gasteiger charge is 2.13. The normalized spacial score (nSPS) is 10.9. The summed E-state index contributed by atoms with van der Waals surface area (Å²) in [6.45, 7) is 5.00. The molecule has 2 heterocycles. The fourth-order valence-corrected chi connectivity index (χ4v) is 4.24. The average Bonchev–Trinajstić information content (AvgIpc) is 3.61. The average molecular weight is 567 g/mol. The van der Waals surface area contributed by atoms with E-state index < -0.39 is 0 Å². The molecule has 0 aliphatic carbocycles. The lowest BCUT2D eigenvalue weighted by molar-refractivity contribution is -0.118. The predicted octanol–water partition coefficient (Wildman–Crippen LogP) is 4.21. The van der Waals surface area contributed by atoms with Crippen LogP contribution in [0.4, 0.5) is 5.69 Å². The number of rotatable bonds is 14. The molecule has 202 valence electrons.